The lowest BCUT2D eigenvalue weighted by atomic mass is 10.1. The predicted molar refractivity (Wildman–Crippen MR) is 130 cm³/mol. The molecule has 4 rings (SSSR count). The first-order valence-corrected chi connectivity index (χ1v) is 10.8. The third-order valence-corrected chi connectivity index (χ3v) is 6.40. The molecule has 0 bridgehead atoms. The van der Waals surface area contributed by atoms with Gasteiger partial charge in [-0.1, -0.05) is 42.5 Å². The summed E-state index contributed by atoms with van der Waals surface area (Å²) >= 11 is 8.88. The van der Waals surface area contributed by atoms with Crippen LogP contribution in [0.3, 0.4) is 0 Å². The van der Waals surface area contributed by atoms with Crippen molar-refractivity contribution in [1.82, 2.24) is 9.80 Å². The van der Waals surface area contributed by atoms with E-state index in [-0.39, 0.29) is 5.91 Å². The number of nitrogens with zero attached hydrogens (tertiary/aromatic N) is 2. The van der Waals surface area contributed by atoms with Crippen molar-refractivity contribution in [2.75, 3.05) is 21.2 Å². The number of rotatable bonds is 5. The number of hydrogen-bond donors (Lipinski definition) is 0. The van der Waals surface area contributed by atoms with Crippen LogP contribution in [-0.4, -0.2) is 42.0 Å². The van der Waals surface area contributed by atoms with E-state index in [1.54, 1.807) is 32.2 Å². The molecule has 0 aromatic heterocycles. The van der Waals surface area contributed by atoms with Gasteiger partial charge in [-0.05, 0) is 68.3 Å². The fraction of sp³-hybridized carbons (Fsp3) is 0.167. The molecule has 158 valence electrons. The van der Waals surface area contributed by atoms with Crippen molar-refractivity contribution < 1.29 is 14.3 Å². The molecular weight excluding hydrogens is 476 g/mol. The van der Waals surface area contributed by atoms with E-state index in [9.17, 15) is 4.79 Å². The topological polar surface area (TPSA) is 42.0 Å². The zero-order chi connectivity index (χ0) is 22.1. The standard InChI is InChI=1S/C24H21BrN2O3S/c1-26-20(23(28)27(2)24(26)31)12-15-11-19(25)22(21(13-15)29-3)30-14-17-9-6-8-16-7-4-5-10-18(16)17/h4-13H,14H2,1-3H3/b20-12-. The lowest BCUT2D eigenvalue weighted by molar-refractivity contribution is -0.121. The molecule has 3 aromatic carbocycles. The van der Waals surface area contributed by atoms with Gasteiger partial charge in [0, 0.05) is 14.1 Å². The van der Waals surface area contributed by atoms with Crippen LogP contribution in [0.15, 0.2) is 64.8 Å². The third kappa shape index (κ3) is 4.03. The Morgan fingerprint density at radius 1 is 1.06 bits per heavy atom. The molecule has 0 N–H and O–H groups in total. The molecule has 0 aliphatic carbocycles. The van der Waals surface area contributed by atoms with E-state index in [4.69, 9.17) is 21.7 Å². The predicted octanol–water partition coefficient (Wildman–Crippen LogP) is 5.22. The molecule has 0 saturated carbocycles. The van der Waals surface area contributed by atoms with E-state index in [0.29, 0.717) is 28.9 Å². The Morgan fingerprint density at radius 3 is 2.52 bits per heavy atom. The van der Waals surface area contributed by atoms with Crippen LogP contribution in [0.4, 0.5) is 0 Å². The van der Waals surface area contributed by atoms with Gasteiger partial charge in [0.2, 0.25) is 0 Å². The van der Waals surface area contributed by atoms with Crippen LogP contribution in [-0.2, 0) is 11.4 Å². The molecule has 0 radical (unpaired) electrons. The maximum atomic E-state index is 12.5. The molecule has 1 aliphatic heterocycles. The van der Waals surface area contributed by atoms with Crippen molar-refractivity contribution in [3.63, 3.8) is 0 Å². The minimum absolute atomic E-state index is 0.140. The van der Waals surface area contributed by atoms with Gasteiger partial charge in [0.25, 0.3) is 5.91 Å². The number of halogens is 1. The Labute approximate surface area is 195 Å². The summed E-state index contributed by atoms with van der Waals surface area (Å²) in [6, 6.07) is 18.1. The molecule has 1 fully saturated rings. The SMILES string of the molecule is COc1cc(/C=C2/C(=O)N(C)C(=S)N2C)cc(Br)c1OCc1cccc2ccccc12. The highest BCUT2D eigenvalue weighted by molar-refractivity contribution is 9.10. The second-order valence-electron chi connectivity index (χ2n) is 7.20. The highest BCUT2D eigenvalue weighted by atomic mass is 79.9. The lowest BCUT2D eigenvalue weighted by Gasteiger charge is -2.15. The zero-order valence-electron chi connectivity index (χ0n) is 17.4. The fourth-order valence-corrected chi connectivity index (χ4v) is 4.33. The first-order valence-electron chi connectivity index (χ1n) is 9.65. The third-order valence-electron chi connectivity index (χ3n) is 5.27. The largest absolute Gasteiger partial charge is 0.493 e. The molecule has 1 aliphatic rings. The van der Waals surface area contributed by atoms with Crippen molar-refractivity contribution in [2.24, 2.45) is 0 Å². The first-order chi connectivity index (χ1) is 14.9. The van der Waals surface area contributed by atoms with Gasteiger partial charge in [-0.15, -0.1) is 0 Å². The van der Waals surface area contributed by atoms with Crippen molar-refractivity contribution in [2.45, 2.75) is 6.61 Å². The number of amides is 1. The quantitative estimate of drug-likeness (QED) is 0.357. The number of fused-ring (bicyclic) bond motifs is 1. The number of carbonyl (C=O) groups excluding carboxylic acids is 1. The van der Waals surface area contributed by atoms with Crippen molar-refractivity contribution in [1.29, 1.82) is 0 Å². The number of hydrogen-bond acceptors (Lipinski definition) is 4. The van der Waals surface area contributed by atoms with Crippen LogP contribution in [0.25, 0.3) is 16.8 Å². The van der Waals surface area contributed by atoms with Crippen LogP contribution >= 0.6 is 28.1 Å². The average molecular weight is 497 g/mol. The summed E-state index contributed by atoms with van der Waals surface area (Å²) in [4.78, 5) is 15.6. The number of methoxy groups -OCH3 is 1. The molecule has 3 aromatic rings. The summed E-state index contributed by atoms with van der Waals surface area (Å²) in [5.74, 6) is 1.04. The van der Waals surface area contributed by atoms with Gasteiger partial charge >= 0.3 is 0 Å². The molecule has 31 heavy (non-hydrogen) atoms. The van der Waals surface area contributed by atoms with E-state index in [1.807, 2.05) is 30.3 Å². The average Bonchev–Trinajstić information content (AvgIpc) is 2.96. The van der Waals surface area contributed by atoms with Gasteiger partial charge in [0.1, 0.15) is 12.3 Å². The Balaban J connectivity index is 1.64. The molecule has 1 saturated heterocycles. The molecule has 5 nitrogen and oxygen atoms in total. The number of ether oxygens (including phenoxy) is 2. The normalized spacial score (nSPS) is 15.3. The summed E-state index contributed by atoms with van der Waals surface area (Å²) < 4.78 is 12.5. The maximum Gasteiger partial charge on any atom is 0.276 e. The maximum absolute atomic E-state index is 12.5. The van der Waals surface area contributed by atoms with Gasteiger partial charge in [-0.3, -0.25) is 9.69 Å². The Morgan fingerprint density at radius 2 is 1.81 bits per heavy atom. The van der Waals surface area contributed by atoms with Gasteiger partial charge in [-0.25, -0.2) is 0 Å². The van der Waals surface area contributed by atoms with Gasteiger partial charge in [0.15, 0.2) is 16.6 Å². The smallest absolute Gasteiger partial charge is 0.276 e. The molecular formula is C24H21BrN2O3S. The molecule has 0 spiro atoms. The molecule has 1 heterocycles. The van der Waals surface area contributed by atoms with Gasteiger partial charge in [0.05, 0.1) is 11.6 Å². The van der Waals surface area contributed by atoms with E-state index >= 15 is 0 Å². The minimum Gasteiger partial charge on any atom is -0.493 e. The van der Waals surface area contributed by atoms with E-state index in [0.717, 1.165) is 21.0 Å². The highest BCUT2D eigenvalue weighted by Gasteiger charge is 2.32. The fourth-order valence-electron chi connectivity index (χ4n) is 3.58. The van der Waals surface area contributed by atoms with E-state index < -0.39 is 0 Å². The number of thiocarbonyl (C=S) groups is 1. The summed E-state index contributed by atoms with van der Waals surface area (Å²) in [5.41, 5.74) is 2.40. The van der Waals surface area contributed by atoms with E-state index in [1.165, 1.54) is 10.3 Å². The minimum atomic E-state index is -0.140. The molecule has 7 heteroatoms. The monoisotopic (exact) mass is 496 g/mol. The summed E-state index contributed by atoms with van der Waals surface area (Å²) in [5, 5.41) is 2.80. The Kier molecular flexibility index (Phi) is 5.98. The van der Waals surface area contributed by atoms with Crippen molar-refractivity contribution in [3.8, 4) is 11.5 Å². The summed E-state index contributed by atoms with van der Waals surface area (Å²) in [6.45, 7) is 0.400. The van der Waals surface area contributed by atoms with Crippen LogP contribution in [0.2, 0.25) is 0 Å². The summed E-state index contributed by atoms with van der Waals surface area (Å²) in [7, 11) is 5.05. The van der Waals surface area contributed by atoms with Crippen LogP contribution in [0, 0.1) is 0 Å². The Hall–Kier alpha value is -2.90. The lowest BCUT2D eigenvalue weighted by Crippen LogP contribution is -2.26. The second-order valence-corrected chi connectivity index (χ2v) is 8.42. The van der Waals surface area contributed by atoms with Crippen LogP contribution in [0.5, 0.6) is 11.5 Å². The van der Waals surface area contributed by atoms with Crippen molar-refractivity contribution >= 4 is 56.0 Å². The van der Waals surface area contributed by atoms with Crippen LogP contribution in [0.1, 0.15) is 11.1 Å². The number of carbonyl (C=O) groups is 1. The van der Waals surface area contributed by atoms with Gasteiger partial charge in [-0.2, -0.15) is 0 Å². The van der Waals surface area contributed by atoms with E-state index in [2.05, 4.69) is 40.2 Å². The second kappa shape index (κ2) is 8.69. The zero-order valence-corrected chi connectivity index (χ0v) is 19.8. The number of benzene rings is 3. The highest BCUT2D eigenvalue weighted by Crippen LogP contribution is 2.38. The molecule has 0 unspecified atom stereocenters. The van der Waals surface area contributed by atoms with Crippen LogP contribution < -0.4 is 9.47 Å². The van der Waals surface area contributed by atoms with Gasteiger partial charge < -0.3 is 14.4 Å². The Bertz CT molecular complexity index is 1220. The van der Waals surface area contributed by atoms with Crippen molar-refractivity contribution in [3.05, 3.63) is 75.9 Å². The molecule has 0 atom stereocenters. The first kappa shape index (κ1) is 21.3. The molecule has 1 amide bonds. The summed E-state index contributed by atoms with van der Waals surface area (Å²) in [6.07, 6.45) is 1.79. The number of likely N-dealkylation sites (N-methyl/N-ethyl adjacent to an activating group) is 2.